The van der Waals surface area contributed by atoms with E-state index >= 15 is 0 Å². The minimum absolute atomic E-state index is 0.103. The van der Waals surface area contributed by atoms with Crippen LogP contribution in [0.3, 0.4) is 0 Å². The second kappa shape index (κ2) is 11.9. The predicted molar refractivity (Wildman–Crippen MR) is 149 cm³/mol. The van der Waals surface area contributed by atoms with Gasteiger partial charge in [0, 0.05) is 43.7 Å². The number of hydrogen-bond donors (Lipinski definition) is 3. The zero-order chi connectivity index (χ0) is 29.0. The molecule has 1 saturated carbocycles. The van der Waals surface area contributed by atoms with Crippen molar-refractivity contribution in [2.75, 3.05) is 49.2 Å². The number of urea groups is 1. The average molecular weight is 565 g/mol. The fourth-order valence-corrected chi connectivity index (χ4v) is 4.49. The quantitative estimate of drug-likeness (QED) is 0.359. The molecule has 0 radical (unpaired) electrons. The smallest absolute Gasteiger partial charge is 0.323 e. The summed E-state index contributed by atoms with van der Waals surface area (Å²) in [6.45, 7) is 2.98. The first kappa shape index (κ1) is 28.0. The highest BCUT2D eigenvalue weighted by atomic mass is 19.1. The van der Waals surface area contributed by atoms with Gasteiger partial charge in [0.05, 0.1) is 5.69 Å². The van der Waals surface area contributed by atoms with Gasteiger partial charge in [-0.25, -0.2) is 18.6 Å². The van der Waals surface area contributed by atoms with E-state index in [0.29, 0.717) is 43.2 Å². The van der Waals surface area contributed by atoms with Crippen molar-refractivity contribution in [3.05, 3.63) is 72.4 Å². The second-order valence-electron chi connectivity index (χ2n) is 10.2. The molecule has 1 aliphatic heterocycles. The van der Waals surface area contributed by atoms with Gasteiger partial charge in [-0.3, -0.25) is 14.9 Å². The number of aromatic nitrogens is 1. The van der Waals surface area contributed by atoms with E-state index in [1.807, 2.05) is 7.05 Å². The van der Waals surface area contributed by atoms with Gasteiger partial charge in [-0.15, -0.1) is 0 Å². The lowest BCUT2D eigenvalue weighted by Crippen LogP contribution is -2.37. The SMILES string of the molecule is CN1CCCN(C(=O)Nc2cc(Oc3ccc(NC(=O)C4(C(=O)Nc5ccc(F)cc5)CC4)c(F)c3)ccn2)CC1. The summed E-state index contributed by atoms with van der Waals surface area (Å²) in [4.78, 5) is 46.4. The van der Waals surface area contributed by atoms with E-state index in [0.717, 1.165) is 25.6 Å². The van der Waals surface area contributed by atoms with Crippen molar-refractivity contribution in [3.8, 4) is 11.5 Å². The van der Waals surface area contributed by atoms with Crippen LogP contribution in [0.15, 0.2) is 60.8 Å². The molecule has 0 spiro atoms. The minimum atomic E-state index is -1.32. The van der Waals surface area contributed by atoms with Gasteiger partial charge in [0.15, 0.2) is 0 Å². The van der Waals surface area contributed by atoms with Crippen molar-refractivity contribution < 1.29 is 27.9 Å². The molecule has 4 amide bonds. The summed E-state index contributed by atoms with van der Waals surface area (Å²) in [5.74, 6) is -1.58. The summed E-state index contributed by atoms with van der Waals surface area (Å²) >= 11 is 0. The third kappa shape index (κ3) is 6.77. The summed E-state index contributed by atoms with van der Waals surface area (Å²) in [5, 5.41) is 7.88. The van der Waals surface area contributed by atoms with Crippen molar-refractivity contribution in [2.24, 2.45) is 5.41 Å². The van der Waals surface area contributed by atoms with Crippen LogP contribution in [0.2, 0.25) is 0 Å². The molecule has 1 saturated heterocycles. The maximum atomic E-state index is 14.9. The van der Waals surface area contributed by atoms with E-state index < -0.39 is 28.9 Å². The molecule has 0 unspecified atom stereocenters. The van der Waals surface area contributed by atoms with Gasteiger partial charge in [0.1, 0.15) is 34.4 Å². The number of amides is 4. The normalized spacial score (nSPS) is 16.3. The Morgan fingerprint density at radius 1 is 0.854 bits per heavy atom. The van der Waals surface area contributed by atoms with E-state index in [1.54, 1.807) is 11.0 Å². The summed E-state index contributed by atoms with van der Waals surface area (Å²) in [7, 11) is 2.02. The highest BCUT2D eigenvalue weighted by molar-refractivity contribution is 6.16. The first-order valence-corrected chi connectivity index (χ1v) is 13.3. The Balaban J connectivity index is 1.18. The summed E-state index contributed by atoms with van der Waals surface area (Å²) in [6, 6.07) is 12.0. The van der Waals surface area contributed by atoms with Crippen LogP contribution in [0.25, 0.3) is 0 Å². The number of nitrogens with zero attached hydrogens (tertiary/aromatic N) is 3. The van der Waals surface area contributed by atoms with Crippen LogP contribution in [0, 0.1) is 17.0 Å². The minimum Gasteiger partial charge on any atom is -0.457 e. The Kier molecular flexibility index (Phi) is 8.11. The van der Waals surface area contributed by atoms with Crippen LogP contribution in [0.5, 0.6) is 11.5 Å². The number of carbonyl (C=O) groups is 3. The Bertz CT molecular complexity index is 1450. The molecule has 0 bridgehead atoms. The molecule has 10 nitrogen and oxygen atoms in total. The first-order chi connectivity index (χ1) is 19.7. The number of benzene rings is 2. The van der Waals surface area contributed by atoms with Gasteiger partial charge in [-0.05, 0) is 75.3 Å². The van der Waals surface area contributed by atoms with Crippen molar-refractivity contribution in [3.63, 3.8) is 0 Å². The van der Waals surface area contributed by atoms with E-state index in [4.69, 9.17) is 4.74 Å². The highest BCUT2D eigenvalue weighted by Gasteiger charge is 2.56. The maximum Gasteiger partial charge on any atom is 0.323 e. The summed E-state index contributed by atoms with van der Waals surface area (Å²) in [6.07, 6.45) is 2.97. The van der Waals surface area contributed by atoms with E-state index in [-0.39, 0.29) is 17.5 Å². The lowest BCUT2D eigenvalue weighted by Gasteiger charge is -2.20. The fraction of sp³-hybridized carbons (Fsp3) is 0.310. The van der Waals surface area contributed by atoms with E-state index in [1.165, 1.54) is 48.7 Å². The molecule has 1 aliphatic carbocycles. The number of halogens is 2. The Morgan fingerprint density at radius 3 is 2.32 bits per heavy atom. The molecule has 12 heteroatoms. The van der Waals surface area contributed by atoms with E-state index in [9.17, 15) is 23.2 Å². The highest BCUT2D eigenvalue weighted by Crippen LogP contribution is 2.47. The van der Waals surface area contributed by atoms with Gasteiger partial charge in [-0.2, -0.15) is 0 Å². The average Bonchev–Trinajstić information content (AvgIpc) is 3.78. The molecule has 3 aromatic rings. The van der Waals surface area contributed by atoms with Crippen molar-refractivity contribution in [1.82, 2.24) is 14.8 Å². The van der Waals surface area contributed by atoms with Crippen LogP contribution < -0.4 is 20.7 Å². The molecule has 2 aliphatic rings. The van der Waals surface area contributed by atoms with Gasteiger partial charge < -0.3 is 25.2 Å². The van der Waals surface area contributed by atoms with Gasteiger partial charge >= 0.3 is 6.03 Å². The zero-order valence-electron chi connectivity index (χ0n) is 22.5. The fourth-order valence-electron chi connectivity index (χ4n) is 4.49. The van der Waals surface area contributed by atoms with Gasteiger partial charge in [0.2, 0.25) is 11.8 Å². The summed E-state index contributed by atoms with van der Waals surface area (Å²) in [5.41, 5.74) is -1.07. The lowest BCUT2D eigenvalue weighted by molar-refractivity contribution is -0.131. The number of carbonyl (C=O) groups excluding carboxylic acids is 3. The molecule has 1 aromatic heterocycles. The van der Waals surface area contributed by atoms with Crippen molar-refractivity contribution in [2.45, 2.75) is 19.3 Å². The number of likely N-dealkylation sites (N-methyl/N-ethyl adjacent to an activating group) is 1. The van der Waals surface area contributed by atoms with Crippen LogP contribution in [-0.2, 0) is 9.59 Å². The molecule has 3 N–H and O–H groups in total. The topological polar surface area (TPSA) is 116 Å². The molecule has 0 atom stereocenters. The lowest BCUT2D eigenvalue weighted by atomic mass is 10.0. The predicted octanol–water partition coefficient (Wildman–Crippen LogP) is 4.68. The Morgan fingerprint density at radius 2 is 1.59 bits per heavy atom. The second-order valence-corrected chi connectivity index (χ2v) is 10.2. The molecular weight excluding hydrogens is 534 g/mol. The maximum absolute atomic E-state index is 14.9. The monoisotopic (exact) mass is 564 g/mol. The third-order valence-electron chi connectivity index (χ3n) is 7.12. The number of anilines is 3. The number of ether oxygens (including phenoxy) is 1. The van der Waals surface area contributed by atoms with E-state index in [2.05, 4.69) is 25.8 Å². The zero-order valence-corrected chi connectivity index (χ0v) is 22.5. The largest absolute Gasteiger partial charge is 0.457 e. The van der Waals surface area contributed by atoms with Gasteiger partial charge in [0.25, 0.3) is 0 Å². The summed E-state index contributed by atoms with van der Waals surface area (Å²) < 4.78 is 33.8. The number of rotatable bonds is 7. The Labute approximate surface area is 235 Å². The van der Waals surface area contributed by atoms with Crippen molar-refractivity contribution >= 4 is 35.0 Å². The van der Waals surface area contributed by atoms with Crippen LogP contribution in [-0.4, -0.2) is 65.9 Å². The van der Waals surface area contributed by atoms with Gasteiger partial charge in [-0.1, -0.05) is 0 Å². The molecule has 5 rings (SSSR count). The molecule has 2 heterocycles. The third-order valence-corrected chi connectivity index (χ3v) is 7.12. The standard InChI is InChI=1S/C29H30F2N6O4/c1-36-13-2-14-37(16-15-36)28(40)35-25-18-22(9-12-32-25)41-21-7-8-24(23(31)17-21)34-27(39)29(10-11-29)26(38)33-20-5-3-19(30)4-6-20/h3-9,12,17-18H,2,10-11,13-16H2,1H3,(H,33,38)(H,34,39)(H,32,35,40). The van der Waals surface area contributed by atoms with Crippen LogP contribution >= 0.6 is 0 Å². The molecule has 214 valence electrons. The van der Waals surface area contributed by atoms with Crippen molar-refractivity contribution in [1.29, 1.82) is 0 Å². The molecular formula is C29H30F2N6O4. The number of nitrogens with one attached hydrogen (secondary N) is 3. The van der Waals surface area contributed by atoms with Crippen LogP contribution in [0.4, 0.5) is 30.8 Å². The molecule has 2 fully saturated rings. The first-order valence-electron chi connectivity index (χ1n) is 13.3. The molecule has 2 aromatic carbocycles. The van der Waals surface area contributed by atoms with Crippen LogP contribution in [0.1, 0.15) is 19.3 Å². The number of hydrogen-bond acceptors (Lipinski definition) is 6. The number of pyridine rings is 1. The Hall–Kier alpha value is -4.58. The molecule has 41 heavy (non-hydrogen) atoms.